The standard InChI is InChI=1S/C23H27N5O6S2/c1-25-9-11-26(12-10-25)16-27(36(31,32)19-7-8-21(33-2)22(14-19)34-3)23-24-20(15-35-23)17-5-4-6-18(13-17)28(29)30/h4-8,13-15H,9-12,16H2,1-3H3. The zero-order valence-corrected chi connectivity index (χ0v) is 21.8. The summed E-state index contributed by atoms with van der Waals surface area (Å²) in [7, 11) is 0.926. The first-order valence-electron chi connectivity index (χ1n) is 11.1. The molecule has 0 unspecified atom stereocenters. The van der Waals surface area contributed by atoms with Crippen molar-refractivity contribution >= 4 is 32.2 Å². The number of methoxy groups -OCH3 is 2. The van der Waals surface area contributed by atoms with Crippen LogP contribution in [0.15, 0.2) is 52.7 Å². The molecule has 4 rings (SSSR count). The topological polar surface area (TPSA) is 118 Å². The molecule has 1 aliphatic rings. The van der Waals surface area contributed by atoms with Gasteiger partial charge in [0.05, 0.1) is 36.4 Å². The minimum absolute atomic E-state index is 0.0429. The molecule has 0 aliphatic carbocycles. The molecule has 0 amide bonds. The minimum Gasteiger partial charge on any atom is -0.493 e. The van der Waals surface area contributed by atoms with Crippen LogP contribution >= 0.6 is 11.3 Å². The van der Waals surface area contributed by atoms with Gasteiger partial charge in [0.15, 0.2) is 11.5 Å². The highest BCUT2D eigenvalue weighted by atomic mass is 32.2. The second kappa shape index (κ2) is 10.8. The molecule has 1 aliphatic heterocycles. The SMILES string of the molecule is COc1ccc(S(=O)(=O)N(CN2CCN(C)CC2)c2nc(-c3cccc([N+](=O)[O-])c3)cs2)cc1OC. The molecule has 2 heterocycles. The van der Waals surface area contributed by atoms with Crippen LogP contribution < -0.4 is 13.8 Å². The number of piperazine rings is 1. The van der Waals surface area contributed by atoms with Gasteiger partial charge in [-0.05, 0) is 19.2 Å². The van der Waals surface area contributed by atoms with Crippen molar-refractivity contribution in [2.45, 2.75) is 4.90 Å². The third-order valence-electron chi connectivity index (χ3n) is 5.93. The molecule has 3 aromatic rings. The maximum Gasteiger partial charge on any atom is 0.270 e. The number of nitro benzene ring substituents is 1. The van der Waals surface area contributed by atoms with E-state index in [0.29, 0.717) is 35.8 Å². The summed E-state index contributed by atoms with van der Waals surface area (Å²) < 4.78 is 39.7. The number of likely N-dealkylation sites (N-methyl/N-ethyl adjacent to an activating group) is 1. The average molecular weight is 534 g/mol. The molecule has 36 heavy (non-hydrogen) atoms. The summed E-state index contributed by atoms with van der Waals surface area (Å²) in [5.41, 5.74) is 0.939. The number of thiazole rings is 1. The third-order valence-corrected chi connectivity index (χ3v) is 8.62. The van der Waals surface area contributed by atoms with Gasteiger partial charge in [0.2, 0.25) is 5.13 Å². The Bertz CT molecular complexity index is 1340. The van der Waals surface area contributed by atoms with E-state index < -0.39 is 14.9 Å². The van der Waals surface area contributed by atoms with Crippen LogP contribution in [0.5, 0.6) is 11.5 Å². The van der Waals surface area contributed by atoms with Gasteiger partial charge >= 0.3 is 0 Å². The molecule has 192 valence electrons. The quantitative estimate of drug-likeness (QED) is 0.302. The number of non-ortho nitro benzene ring substituents is 1. The molecule has 0 spiro atoms. The number of sulfonamides is 1. The predicted octanol–water partition coefficient (Wildman–Crippen LogP) is 3.14. The van der Waals surface area contributed by atoms with Gasteiger partial charge in [0, 0.05) is 55.3 Å². The Morgan fingerprint density at radius 2 is 1.81 bits per heavy atom. The van der Waals surface area contributed by atoms with Crippen LogP contribution in [0.1, 0.15) is 0 Å². The number of benzene rings is 2. The summed E-state index contributed by atoms with van der Waals surface area (Å²) in [5, 5.41) is 13.2. The molecule has 0 bridgehead atoms. The second-order valence-corrected chi connectivity index (χ2v) is 11.0. The number of aromatic nitrogens is 1. The fourth-order valence-corrected chi connectivity index (χ4v) is 6.27. The van der Waals surface area contributed by atoms with Crippen LogP contribution in [0.4, 0.5) is 10.8 Å². The number of hydrogen-bond acceptors (Lipinski definition) is 10. The highest BCUT2D eigenvalue weighted by Gasteiger charge is 2.31. The summed E-state index contributed by atoms with van der Waals surface area (Å²) in [5.74, 6) is 0.721. The average Bonchev–Trinajstić information content (AvgIpc) is 3.37. The van der Waals surface area contributed by atoms with E-state index in [-0.39, 0.29) is 22.4 Å². The lowest BCUT2D eigenvalue weighted by Crippen LogP contribution is -2.50. The van der Waals surface area contributed by atoms with E-state index in [1.807, 2.05) is 7.05 Å². The normalized spacial score (nSPS) is 15.0. The molecule has 0 N–H and O–H groups in total. The molecule has 0 saturated carbocycles. The molecular weight excluding hydrogens is 506 g/mol. The molecule has 0 radical (unpaired) electrons. The van der Waals surface area contributed by atoms with Crippen molar-refractivity contribution in [3.8, 4) is 22.8 Å². The van der Waals surface area contributed by atoms with Crippen molar-refractivity contribution in [3.05, 3.63) is 58.0 Å². The molecule has 0 atom stereocenters. The lowest BCUT2D eigenvalue weighted by molar-refractivity contribution is -0.384. The maximum atomic E-state index is 13.9. The Hall–Kier alpha value is -3.26. The summed E-state index contributed by atoms with van der Waals surface area (Å²) in [6.07, 6.45) is 0. The highest BCUT2D eigenvalue weighted by Crippen LogP contribution is 2.35. The fraction of sp³-hybridized carbons (Fsp3) is 0.348. The van der Waals surface area contributed by atoms with Crippen LogP contribution in [-0.4, -0.2) is 82.2 Å². The van der Waals surface area contributed by atoms with Crippen molar-refractivity contribution < 1.29 is 22.8 Å². The van der Waals surface area contributed by atoms with Crippen molar-refractivity contribution in [1.29, 1.82) is 0 Å². The first-order chi connectivity index (χ1) is 17.2. The Kier molecular flexibility index (Phi) is 7.73. The number of hydrogen-bond donors (Lipinski definition) is 0. The summed E-state index contributed by atoms with van der Waals surface area (Å²) >= 11 is 1.17. The predicted molar refractivity (Wildman–Crippen MR) is 137 cm³/mol. The Morgan fingerprint density at radius 1 is 1.08 bits per heavy atom. The van der Waals surface area contributed by atoms with E-state index in [0.717, 1.165) is 13.1 Å². The van der Waals surface area contributed by atoms with Crippen LogP contribution in [0.3, 0.4) is 0 Å². The highest BCUT2D eigenvalue weighted by molar-refractivity contribution is 7.93. The van der Waals surface area contributed by atoms with Crippen molar-refractivity contribution in [2.75, 3.05) is 58.4 Å². The zero-order chi connectivity index (χ0) is 25.9. The van der Waals surface area contributed by atoms with Crippen LogP contribution in [-0.2, 0) is 10.0 Å². The number of ether oxygens (including phenoxy) is 2. The van der Waals surface area contributed by atoms with Crippen LogP contribution in [0.25, 0.3) is 11.3 Å². The van der Waals surface area contributed by atoms with Gasteiger partial charge in [-0.15, -0.1) is 11.3 Å². The van der Waals surface area contributed by atoms with Crippen molar-refractivity contribution in [2.24, 2.45) is 0 Å². The van der Waals surface area contributed by atoms with Crippen molar-refractivity contribution in [1.82, 2.24) is 14.8 Å². The summed E-state index contributed by atoms with van der Waals surface area (Å²) in [4.78, 5) is 19.6. The van der Waals surface area contributed by atoms with Gasteiger partial charge in [0.25, 0.3) is 15.7 Å². The Balaban J connectivity index is 1.73. The van der Waals surface area contributed by atoms with E-state index >= 15 is 0 Å². The number of anilines is 1. The monoisotopic (exact) mass is 533 g/mol. The van der Waals surface area contributed by atoms with Crippen LogP contribution in [0, 0.1) is 10.1 Å². The van der Waals surface area contributed by atoms with E-state index in [1.165, 1.54) is 54.1 Å². The van der Waals surface area contributed by atoms with E-state index in [2.05, 4.69) is 14.8 Å². The number of rotatable bonds is 9. The molecule has 1 fully saturated rings. The smallest absolute Gasteiger partial charge is 0.270 e. The number of nitro groups is 1. The molecule has 2 aromatic carbocycles. The lowest BCUT2D eigenvalue weighted by atomic mass is 10.1. The van der Waals surface area contributed by atoms with Gasteiger partial charge in [-0.3, -0.25) is 15.0 Å². The first-order valence-corrected chi connectivity index (χ1v) is 13.4. The minimum atomic E-state index is -4.03. The van der Waals surface area contributed by atoms with E-state index in [4.69, 9.17) is 9.47 Å². The molecule has 11 nitrogen and oxygen atoms in total. The van der Waals surface area contributed by atoms with E-state index in [1.54, 1.807) is 23.6 Å². The Morgan fingerprint density at radius 3 is 2.47 bits per heavy atom. The summed E-state index contributed by atoms with van der Waals surface area (Å²) in [6, 6.07) is 10.6. The Labute approximate surface area is 213 Å². The van der Waals surface area contributed by atoms with Crippen LogP contribution in [0.2, 0.25) is 0 Å². The van der Waals surface area contributed by atoms with Gasteiger partial charge in [0.1, 0.15) is 0 Å². The molecular formula is C23H27N5O6S2. The van der Waals surface area contributed by atoms with Gasteiger partial charge in [-0.1, -0.05) is 12.1 Å². The third kappa shape index (κ3) is 5.43. The van der Waals surface area contributed by atoms with Gasteiger partial charge in [-0.25, -0.2) is 17.7 Å². The van der Waals surface area contributed by atoms with Gasteiger partial charge in [-0.2, -0.15) is 0 Å². The maximum absolute atomic E-state index is 13.9. The lowest BCUT2D eigenvalue weighted by Gasteiger charge is -2.35. The second-order valence-electron chi connectivity index (χ2n) is 8.26. The van der Waals surface area contributed by atoms with Gasteiger partial charge < -0.3 is 14.4 Å². The largest absolute Gasteiger partial charge is 0.493 e. The zero-order valence-electron chi connectivity index (χ0n) is 20.2. The molecule has 13 heteroatoms. The van der Waals surface area contributed by atoms with Crippen molar-refractivity contribution in [3.63, 3.8) is 0 Å². The fourth-order valence-electron chi connectivity index (χ4n) is 3.80. The number of nitrogens with zero attached hydrogens (tertiary/aromatic N) is 5. The van der Waals surface area contributed by atoms with E-state index in [9.17, 15) is 18.5 Å². The first kappa shape index (κ1) is 25.8. The molecule has 1 aromatic heterocycles. The molecule has 1 saturated heterocycles. The summed E-state index contributed by atoms with van der Waals surface area (Å²) in [6.45, 7) is 3.17.